The second-order valence-electron chi connectivity index (χ2n) is 9.46. The van der Waals surface area contributed by atoms with Crippen molar-refractivity contribution in [2.45, 2.75) is 19.5 Å². The predicted octanol–water partition coefficient (Wildman–Crippen LogP) is 2.58. The topological polar surface area (TPSA) is 90.8 Å². The summed E-state index contributed by atoms with van der Waals surface area (Å²) in [5.41, 5.74) is 2.37. The largest absolute Gasteiger partial charge is 0.353 e. The number of nitrogens with zero attached hydrogens (tertiary/aromatic N) is 5. The number of hydrogen-bond acceptors (Lipinski definition) is 5. The fourth-order valence-electron chi connectivity index (χ4n) is 4.89. The Morgan fingerprint density at radius 3 is 2.57 bits per heavy atom. The van der Waals surface area contributed by atoms with E-state index in [-0.39, 0.29) is 30.3 Å². The number of amides is 3. The van der Waals surface area contributed by atoms with Crippen LogP contribution in [0, 0.1) is 6.92 Å². The van der Waals surface area contributed by atoms with E-state index >= 15 is 0 Å². The molecule has 2 fully saturated rings. The molecule has 2 saturated heterocycles. The lowest BCUT2D eigenvalue weighted by atomic mass is 10.1. The van der Waals surface area contributed by atoms with Gasteiger partial charge < -0.3 is 24.6 Å². The van der Waals surface area contributed by atoms with Gasteiger partial charge >= 0.3 is 0 Å². The summed E-state index contributed by atoms with van der Waals surface area (Å²) in [6.07, 6.45) is 3.06. The first-order valence-electron chi connectivity index (χ1n) is 12.3. The molecule has 3 amide bonds. The molecule has 0 radical (unpaired) electrons. The summed E-state index contributed by atoms with van der Waals surface area (Å²) in [6, 6.07) is 11.6. The fourth-order valence-corrected chi connectivity index (χ4v) is 5.25. The third kappa shape index (κ3) is 5.24. The highest BCUT2D eigenvalue weighted by Crippen LogP contribution is 2.27. The molecular weight excluding hydrogens is 536 g/mol. The molecule has 0 spiro atoms. The monoisotopic (exact) mass is 564 g/mol. The SMILES string of the molecule is C=CC(=O)N1CC(NC(=O)Cn2cc(C(=O)N3CCN(c4cccc(C)n4)CC3)c3cc(Br)ccc32)C1. The quantitative estimate of drug-likeness (QED) is 0.465. The average Bonchev–Trinajstić information content (AvgIpc) is 3.22. The van der Waals surface area contributed by atoms with E-state index < -0.39 is 0 Å². The number of benzene rings is 1. The van der Waals surface area contributed by atoms with Crippen molar-refractivity contribution in [1.82, 2.24) is 24.7 Å². The van der Waals surface area contributed by atoms with Gasteiger partial charge in [0.2, 0.25) is 11.8 Å². The number of fused-ring (bicyclic) bond motifs is 1. The van der Waals surface area contributed by atoms with E-state index in [0.717, 1.165) is 26.9 Å². The number of hydrogen-bond donors (Lipinski definition) is 1. The van der Waals surface area contributed by atoms with Gasteiger partial charge in [0.25, 0.3) is 5.91 Å². The number of aryl methyl sites for hydroxylation is 1. The molecule has 4 heterocycles. The maximum atomic E-state index is 13.6. The number of piperazine rings is 1. The van der Waals surface area contributed by atoms with Gasteiger partial charge in [0.05, 0.1) is 11.6 Å². The van der Waals surface area contributed by atoms with Crippen LogP contribution in [0.1, 0.15) is 16.1 Å². The molecule has 192 valence electrons. The van der Waals surface area contributed by atoms with E-state index in [2.05, 4.69) is 37.7 Å². The Hall–Kier alpha value is -3.66. The first kappa shape index (κ1) is 25.0. The summed E-state index contributed by atoms with van der Waals surface area (Å²) >= 11 is 3.52. The van der Waals surface area contributed by atoms with Crippen molar-refractivity contribution in [1.29, 1.82) is 0 Å². The molecule has 1 aromatic carbocycles. The number of nitrogens with one attached hydrogen (secondary N) is 1. The molecule has 3 aromatic rings. The second kappa shape index (κ2) is 10.4. The van der Waals surface area contributed by atoms with Crippen LogP contribution in [-0.2, 0) is 16.1 Å². The Bertz CT molecular complexity index is 1370. The molecule has 9 nitrogen and oxygen atoms in total. The third-order valence-corrected chi connectivity index (χ3v) is 7.38. The zero-order valence-electron chi connectivity index (χ0n) is 20.7. The minimum Gasteiger partial charge on any atom is -0.353 e. The molecule has 2 aliphatic rings. The Labute approximate surface area is 223 Å². The third-order valence-electron chi connectivity index (χ3n) is 6.88. The summed E-state index contributed by atoms with van der Waals surface area (Å²) in [5, 5.41) is 3.78. The van der Waals surface area contributed by atoms with E-state index in [1.54, 1.807) is 11.1 Å². The summed E-state index contributed by atoms with van der Waals surface area (Å²) in [6.45, 7) is 9.11. The zero-order chi connectivity index (χ0) is 26.1. The molecule has 2 aliphatic heterocycles. The standard InChI is InChI=1S/C27H29BrN6O3/c1-3-26(36)34-14-20(15-34)30-25(35)17-33-16-22(21-13-19(28)7-8-23(21)33)27(37)32-11-9-31(10-12-32)24-6-4-5-18(2)29-24/h3-8,13,16,20H,1,9-12,14-15,17H2,2H3,(H,30,35). The van der Waals surface area contributed by atoms with E-state index in [9.17, 15) is 14.4 Å². The number of carbonyl (C=O) groups excluding carboxylic acids is 3. The van der Waals surface area contributed by atoms with Gasteiger partial charge in [0.1, 0.15) is 12.4 Å². The molecule has 0 atom stereocenters. The number of halogens is 1. The van der Waals surface area contributed by atoms with Crippen LogP contribution in [0.4, 0.5) is 5.82 Å². The molecule has 0 aliphatic carbocycles. The van der Waals surface area contributed by atoms with Crippen LogP contribution in [0.5, 0.6) is 0 Å². The van der Waals surface area contributed by atoms with Gasteiger partial charge in [0, 0.05) is 66.5 Å². The smallest absolute Gasteiger partial charge is 0.256 e. The summed E-state index contributed by atoms with van der Waals surface area (Å²) in [7, 11) is 0. The summed E-state index contributed by atoms with van der Waals surface area (Å²) in [4.78, 5) is 48.3. The molecule has 5 rings (SSSR count). The Morgan fingerprint density at radius 1 is 1.11 bits per heavy atom. The van der Waals surface area contributed by atoms with Crippen molar-refractivity contribution in [2.24, 2.45) is 0 Å². The van der Waals surface area contributed by atoms with Crippen molar-refractivity contribution < 1.29 is 14.4 Å². The number of aromatic nitrogens is 2. The molecule has 10 heteroatoms. The van der Waals surface area contributed by atoms with Crippen LogP contribution in [0.15, 0.2) is 59.7 Å². The van der Waals surface area contributed by atoms with Gasteiger partial charge in [-0.2, -0.15) is 0 Å². The molecule has 0 unspecified atom stereocenters. The highest BCUT2D eigenvalue weighted by Gasteiger charge is 2.31. The van der Waals surface area contributed by atoms with Gasteiger partial charge in [0.15, 0.2) is 0 Å². The van der Waals surface area contributed by atoms with Crippen LogP contribution < -0.4 is 10.2 Å². The van der Waals surface area contributed by atoms with Gasteiger partial charge in [-0.05, 0) is 43.3 Å². The lowest BCUT2D eigenvalue weighted by Crippen LogP contribution is -2.61. The van der Waals surface area contributed by atoms with Crippen molar-refractivity contribution in [3.8, 4) is 0 Å². The Balaban J connectivity index is 1.28. The fraction of sp³-hybridized carbons (Fsp3) is 0.333. The van der Waals surface area contributed by atoms with E-state index in [1.807, 2.05) is 52.8 Å². The second-order valence-corrected chi connectivity index (χ2v) is 10.4. The normalized spacial score (nSPS) is 16.0. The van der Waals surface area contributed by atoms with Crippen molar-refractivity contribution in [3.63, 3.8) is 0 Å². The molecule has 1 N–H and O–H groups in total. The first-order chi connectivity index (χ1) is 17.8. The maximum absolute atomic E-state index is 13.6. The van der Waals surface area contributed by atoms with E-state index in [4.69, 9.17) is 0 Å². The zero-order valence-corrected chi connectivity index (χ0v) is 22.3. The minimum absolute atomic E-state index is 0.0447. The van der Waals surface area contributed by atoms with Crippen LogP contribution in [0.25, 0.3) is 10.9 Å². The molecule has 37 heavy (non-hydrogen) atoms. The van der Waals surface area contributed by atoms with Crippen molar-refractivity contribution in [2.75, 3.05) is 44.2 Å². The van der Waals surface area contributed by atoms with Crippen molar-refractivity contribution >= 4 is 50.4 Å². The number of rotatable bonds is 6. The average molecular weight is 565 g/mol. The molecule has 0 bridgehead atoms. The van der Waals surface area contributed by atoms with Crippen molar-refractivity contribution in [3.05, 3.63) is 71.0 Å². The van der Waals surface area contributed by atoms with E-state index in [1.165, 1.54) is 6.08 Å². The van der Waals surface area contributed by atoms with Crippen LogP contribution >= 0.6 is 15.9 Å². The van der Waals surface area contributed by atoms with Gasteiger partial charge in [-0.15, -0.1) is 0 Å². The lowest BCUT2D eigenvalue weighted by Gasteiger charge is -2.38. The number of likely N-dealkylation sites (tertiary alicyclic amines) is 1. The Kier molecular flexibility index (Phi) is 7.01. The minimum atomic E-state index is -0.159. The van der Waals surface area contributed by atoms with Gasteiger partial charge in [-0.25, -0.2) is 4.98 Å². The van der Waals surface area contributed by atoms with Crippen LogP contribution in [-0.4, -0.2) is 82.4 Å². The van der Waals surface area contributed by atoms with E-state index in [0.29, 0.717) is 44.8 Å². The van der Waals surface area contributed by atoms with Crippen LogP contribution in [0.3, 0.4) is 0 Å². The number of anilines is 1. The molecule has 0 saturated carbocycles. The van der Waals surface area contributed by atoms with Crippen LogP contribution in [0.2, 0.25) is 0 Å². The molecular formula is C27H29BrN6O3. The number of carbonyl (C=O) groups is 3. The Morgan fingerprint density at radius 2 is 1.86 bits per heavy atom. The first-order valence-corrected chi connectivity index (χ1v) is 13.1. The van der Waals surface area contributed by atoms with Gasteiger partial charge in [-0.1, -0.05) is 28.6 Å². The highest BCUT2D eigenvalue weighted by atomic mass is 79.9. The molecule has 2 aromatic heterocycles. The summed E-state index contributed by atoms with van der Waals surface area (Å²) in [5.74, 6) is 0.596. The van der Waals surface area contributed by atoms with Gasteiger partial charge in [-0.3, -0.25) is 14.4 Å². The lowest BCUT2D eigenvalue weighted by molar-refractivity contribution is -0.133. The maximum Gasteiger partial charge on any atom is 0.256 e. The summed E-state index contributed by atoms with van der Waals surface area (Å²) < 4.78 is 2.69. The number of pyridine rings is 1. The highest BCUT2D eigenvalue weighted by molar-refractivity contribution is 9.10. The predicted molar refractivity (Wildman–Crippen MR) is 145 cm³/mol.